The molecule has 0 heterocycles. The molecule has 84 valence electrons. The number of aromatic hydroxyl groups is 1. The van der Waals surface area contributed by atoms with Gasteiger partial charge in [-0.05, 0) is 45.0 Å². The minimum absolute atomic E-state index is 0.346. The Balaban J connectivity index is 2.87. The van der Waals surface area contributed by atoms with Gasteiger partial charge in [0.1, 0.15) is 5.75 Å². The van der Waals surface area contributed by atoms with Gasteiger partial charge >= 0.3 is 0 Å². The molecule has 0 spiro atoms. The Morgan fingerprint density at radius 3 is 2.40 bits per heavy atom. The summed E-state index contributed by atoms with van der Waals surface area (Å²) in [4.78, 5) is 2.40. The summed E-state index contributed by atoms with van der Waals surface area (Å²) >= 11 is 0. The van der Waals surface area contributed by atoms with E-state index >= 15 is 0 Å². The zero-order valence-electron chi connectivity index (χ0n) is 10.1. The van der Waals surface area contributed by atoms with Crippen molar-refractivity contribution in [1.29, 1.82) is 0 Å². The molecule has 0 aliphatic rings. The fraction of sp³-hybridized carbons (Fsp3) is 0.538. The van der Waals surface area contributed by atoms with Gasteiger partial charge < -0.3 is 5.11 Å². The highest BCUT2D eigenvalue weighted by Gasteiger charge is 2.16. The molecule has 2 nitrogen and oxygen atoms in total. The van der Waals surface area contributed by atoms with E-state index in [2.05, 4.69) is 38.7 Å². The van der Waals surface area contributed by atoms with Gasteiger partial charge in [-0.1, -0.05) is 19.1 Å². The summed E-state index contributed by atoms with van der Waals surface area (Å²) in [6, 6.07) is 8.39. The van der Waals surface area contributed by atoms with Gasteiger partial charge in [0.2, 0.25) is 0 Å². The molecule has 0 fully saturated rings. The molecule has 2 heteroatoms. The van der Waals surface area contributed by atoms with Gasteiger partial charge in [-0.3, -0.25) is 4.90 Å². The van der Waals surface area contributed by atoms with E-state index in [1.54, 1.807) is 6.07 Å². The number of hydrogen-bond acceptors (Lipinski definition) is 2. The van der Waals surface area contributed by atoms with E-state index in [4.69, 9.17) is 0 Å². The molecule has 1 atom stereocenters. The van der Waals surface area contributed by atoms with Gasteiger partial charge in [0.05, 0.1) is 0 Å². The molecule has 0 radical (unpaired) electrons. The zero-order valence-corrected chi connectivity index (χ0v) is 10.1. The van der Waals surface area contributed by atoms with Crippen LogP contribution >= 0.6 is 0 Å². The second kappa shape index (κ2) is 5.17. The molecule has 0 bridgehead atoms. The van der Waals surface area contributed by atoms with Crippen LogP contribution in [0.1, 0.15) is 39.3 Å². The molecule has 0 amide bonds. The van der Waals surface area contributed by atoms with E-state index in [9.17, 15) is 5.11 Å². The van der Waals surface area contributed by atoms with Crippen molar-refractivity contribution in [3.63, 3.8) is 0 Å². The largest absolute Gasteiger partial charge is 0.508 e. The van der Waals surface area contributed by atoms with Crippen molar-refractivity contribution >= 4 is 0 Å². The van der Waals surface area contributed by atoms with E-state index in [0.29, 0.717) is 17.8 Å². The lowest BCUT2D eigenvalue weighted by Crippen LogP contribution is -2.33. The summed E-state index contributed by atoms with van der Waals surface area (Å²) in [6.07, 6.45) is 0. The van der Waals surface area contributed by atoms with Crippen molar-refractivity contribution in [2.24, 2.45) is 0 Å². The average molecular weight is 207 g/mol. The predicted octanol–water partition coefficient (Wildman–Crippen LogP) is 3.18. The highest BCUT2D eigenvalue weighted by Crippen LogP contribution is 2.24. The molecular formula is C13H21NO. The van der Waals surface area contributed by atoms with Crippen molar-refractivity contribution in [1.82, 2.24) is 4.90 Å². The quantitative estimate of drug-likeness (QED) is 0.819. The van der Waals surface area contributed by atoms with Crippen LogP contribution in [0.2, 0.25) is 0 Å². The van der Waals surface area contributed by atoms with Crippen molar-refractivity contribution < 1.29 is 5.11 Å². The molecule has 0 saturated heterocycles. The van der Waals surface area contributed by atoms with Crippen molar-refractivity contribution in [2.75, 3.05) is 6.54 Å². The van der Waals surface area contributed by atoms with Gasteiger partial charge in [-0.15, -0.1) is 0 Å². The number of nitrogens with zero attached hydrogens (tertiary/aromatic N) is 1. The lowest BCUT2D eigenvalue weighted by atomic mass is 10.1. The van der Waals surface area contributed by atoms with Crippen LogP contribution in [-0.2, 0) is 0 Å². The van der Waals surface area contributed by atoms with E-state index < -0.39 is 0 Å². The topological polar surface area (TPSA) is 23.5 Å². The van der Waals surface area contributed by atoms with Crippen LogP contribution < -0.4 is 0 Å². The van der Waals surface area contributed by atoms with Crippen LogP contribution in [0.5, 0.6) is 5.75 Å². The Hall–Kier alpha value is -1.02. The molecule has 15 heavy (non-hydrogen) atoms. The number of hydrogen-bond donors (Lipinski definition) is 1. The fourth-order valence-corrected chi connectivity index (χ4v) is 2.06. The zero-order chi connectivity index (χ0) is 11.4. The monoisotopic (exact) mass is 207 g/mol. The SMILES string of the molecule is CCN(C(C)C)C(C)c1cccc(O)c1. The summed E-state index contributed by atoms with van der Waals surface area (Å²) in [6.45, 7) is 9.76. The molecular weight excluding hydrogens is 186 g/mol. The third-order valence-electron chi connectivity index (χ3n) is 2.88. The molecule has 1 unspecified atom stereocenters. The summed E-state index contributed by atoms with van der Waals surface area (Å²) < 4.78 is 0. The minimum Gasteiger partial charge on any atom is -0.508 e. The van der Waals surface area contributed by atoms with Gasteiger partial charge in [-0.2, -0.15) is 0 Å². The summed E-state index contributed by atoms with van der Waals surface area (Å²) in [5.74, 6) is 0.346. The Bertz CT molecular complexity index is 309. The van der Waals surface area contributed by atoms with Crippen LogP contribution in [0, 0.1) is 0 Å². The van der Waals surface area contributed by atoms with E-state index in [0.717, 1.165) is 6.54 Å². The highest BCUT2D eigenvalue weighted by molar-refractivity contribution is 5.29. The van der Waals surface area contributed by atoms with Crippen LogP contribution in [0.4, 0.5) is 0 Å². The number of phenolic OH excluding ortho intramolecular Hbond substituents is 1. The van der Waals surface area contributed by atoms with Crippen molar-refractivity contribution in [3.8, 4) is 5.75 Å². The Morgan fingerprint density at radius 2 is 1.93 bits per heavy atom. The molecule has 1 aromatic carbocycles. The lowest BCUT2D eigenvalue weighted by molar-refractivity contribution is 0.174. The molecule has 1 rings (SSSR count). The first kappa shape index (κ1) is 12.1. The Morgan fingerprint density at radius 1 is 1.27 bits per heavy atom. The van der Waals surface area contributed by atoms with E-state index in [1.165, 1.54) is 5.56 Å². The number of benzene rings is 1. The van der Waals surface area contributed by atoms with Gasteiger partial charge in [-0.25, -0.2) is 0 Å². The fourth-order valence-electron chi connectivity index (χ4n) is 2.06. The molecule has 0 aromatic heterocycles. The smallest absolute Gasteiger partial charge is 0.115 e. The van der Waals surface area contributed by atoms with Crippen molar-refractivity contribution in [3.05, 3.63) is 29.8 Å². The maximum absolute atomic E-state index is 9.44. The third-order valence-corrected chi connectivity index (χ3v) is 2.88. The normalized spacial score (nSPS) is 13.5. The molecule has 0 saturated carbocycles. The lowest BCUT2D eigenvalue weighted by Gasteiger charge is -2.31. The predicted molar refractivity (Wildman–Crippen MR) is 64.0 cm³/mol. The maximum Gasteiger partial charge on any atom is 0.115 e. The molecule has 1 N–H and O–H groups in total. The number of rotatable bonds is 4. The first-order chi connectivity index (χ1) is 7.06. The first-order valence-corrected chi connectivity index (χ1v) is 5.61. The first-order valence-electron chi connectivity index (χ1n) is 5.61. The van der Waals surface area contributed by atoms with Gasteiger partial charge in [0.25, 0.3) is 0 Å². The van der Waals surface area contributed by atoms with E-state index in [-0.39, 0.29) is 0 Å². The Kier molecular flexibility index (Phi) is 4.15. The molecule has 0 aliphatic carbocycles. The standard InChI is InChI=1S/C13H21NO/c1-5-14(10(2)3)11(4)12-7-6-8-13(15)9-12/h6-11,15H,5H2,1-4H3. The molecule has 1 aromatic rings. The summed E-state index contributed by atoms with van der Waals surface area (Å²) in [5, 5.41) is 9.44. The third kappa shape index (κ3) is 2.96. The highest BCUT2D eigenvalue weighted by atomic mass is 16.3. The summed E-state index contributed by atoms with van der Waals surface area (Å²) in [7, 11) is 0. The molecule has 0 aliphatic heterocycles. The van der Waals surface area contributed by atoms with Gasteiger partial charge in [0, 0.05) is 12.1 Å². The minimum atomic E-state index is 0.346. The van der Waals surface area contributed by atoms with Crippen LogP contribution in [0.25, 0.3) is 0 Å². The van der Waals surface area contributed by atoms with E-state index in [1.807, 2.05) is 12.1 Å². The van der Waals surface area contributed by atoms with Crippen LogP contribution in [0.3, 0.4) is 0 Å². The Labute approximate surface area is 92.5 Å². The van der Waals surface area contributed by atoms with Crippen molar-refractivity contribution in [2.45, 2.75) is 39.8 Å². The second-order valence-electron chi connectivity index (χ2n) is 4.20. The second-order valence-corrected chi connectivity index (χ2v) is 4.20. The maximum atomic E-state index is 9.44. The summed E-state index contributed by atoms with van der Waals surface area (Å²) in [5.41, 5.74) is 1.17. The average Bonchev–Trinajstić information content (AvgIpc) is 2.18. The van der Waals surface area contributed by atoms with Gasteiger partial charge in [0.15, 0.2) is 0 Å². The van der Waals surface area contributed by atoms with Crippen LogP contribution in [-0.4, -0.2) is 22.6 Å². The number of phenols is 1. The van der Waals surface area contributed by atoms with Crippen LogP contribution in [0.15, 0.2) is 24.3 Å².